The summed E-state index contributed by atoms with van der Waals surface area (Å²) in [7, 11) is 0. The Bertz CT molecular complexity index is 3030. The maximum atomic E-state index is 6.44. The van der Waals surface area contributed by atoms with Crippen molar-refractivity contribution in [1.29, 1.82) is 0 Å². The van der Waals surface area contributed by atoms with E-state index in [-0.39, 0.29) is 10.8 Å². The molecule has 0 amide bonds. The highest BCUT2D eigenvalue weighted by molar-refractivity contribution is 6.13. The zero-order valence-electron chi connectivity index (χ0n) is 32.1. The number of nitrogens with zero attached hydrogens (tertiary/aromatic N) is 1. The molecule has 268 valence electrons. The van der Waals surface area contributed by atoms with Crippen LogP contribution in [0.4, 0.5) is 17.1 Å². The van der Waals surface area contributed by atoms with Crippen molar-refractivity contribution < 1.29 is 4.42 Å². The first-order valence-corrected chi connectivity index (χ1v) is 19.7. The van der Waals surface area contributed by atoms with Gasteiger partial charge in [-0.15, -0.1) is 0 Å². The second-order valence-electron chi connectivity index (χ2n) is 16.5. The van der Waals surface area contributed by atoms with E-state index in [0.717, 1.165) is 39.0 Å². The highest BCUT2D eigenvalue weighted by atomic mass is 16.3. The lowest BCUT2D eigenvalue weighted by Crippen LogP contribution is -2.16. The molecule has 2 aliphatic rings. The predicted octanol–water partition coefficient (Wildman–Crippen LogP) is 15.0. The molecule has 1 aromatic heterocycles. The van der Waals surface area contributed by atoms with Gasteiger partial charge in [0.15, 0.2) is 0 Å². The molecule has 1 heterocycles. The second-order valence-corrected chi connectivity index (χ2v) is 16.5. The number of hydrogen-bond acceptors (Lipinski definition) is 2. The molecule has 0 spiro atoms. The zero-order valence-corrected chi connectivity index (χ0v) is 32.1. The van der Waals surface area contributed by atoms with Crippen LogP contribution >= 0.6 is 0 Å². The Morgan fingerprint density at radius 2 is 1.00 bits per heavy atom. The lowest BCUT2D eigenvalue weighted by atomic mass is 9.79. The van der Waals surface area contributed by atoms with E-state index in [9.17, 15) is 0 Å². The molecule has 2 heteroatoms. The number of para-hydroxylation sites is 1. The van der Waals surface area contributed by atoms with Crippen LogP contribution in [0.2, 0.25) is 0 Å². The molecule has 11 rings (SSSR count). The average molecular weight is 720 g/mol. The molecule has 0 aliphatic heterocycles. The summed E-state index contributed by atoms with van der Waals surface area (Å²) in [6, 6.07) is 64.5. The van der Waals surface area contributed by atoms with Gasteiger partial charge < -0.3 is 9.32 Å². The number of anilines is 3. The Morgan fingerprint density at radius 3 is 1.82 bits per heavy atom. The molecule has 0 unspecified atom stereocenters. The number of rotatable bonds is 5. The number of benzene rings is 8. The minimum absolute atomic E-state index is 0.0490. The summed E-state index contributed by atoms with van der Waals surface area (Å²) in [5.74, 6) is 0. The van der Waals surface area contributed by atoms with Gasteiger partial charge in [0.2, 0.25) is 0 Å². The first-order chi connectivity index (χ1) is 27.3. The first kappa shape index (κ1) is 32.8. The highest BCUT2D eigenvalue weighted by Crippen LogP contribution is 2.53. The number of fused-ring (bicyclic) bond motifs is 9. The maximum absolute atomic E-state index is 6.44. The molecule has 9 aromatic rings. The van der Waals surface area contributed by atoms with Gasteiger partial charge in [0.1, 0.15) is 11.2 Å². The molecular formula is C54H41NO. The lowest BCUT2D eigenvalue weighted by Gasteiger charge is -2.28. The summed E-state index contributed by atoms with van der Waals surface area (Å²) in [6.07, 6.45) is 0. The molecule has 56 heavy (non-hydrogen) atoms. The minimum atomic E-state index is -0.120. The fourth-order valence-electron chi connectivity index (χ4n) is 9.96. The maximum Gasteiger partial charge on any atom is 0.137 e. The van der Waals surface area contributed by atoms with Gasteiger partial charge in [0, 0.05) is 27.6 Å². The summed E-state index contributed by atoms with van der Waals surface area (Å²) in [5, 5.41) is 2.22. The van der Waals surface area contributed by atoms with Gasteiger partial charge in [0.05, 0.1) is 11.1 Å². The Balaban J connectivity index is 1.06. The topological polar surface area (TPSA) is 16.4 Å². The first-order valence-electron chi connectivity index (χ1n) is 19.7. The summed E-state index contributed by atoms with van der Waals surface area (Å²) in [6.45, 7) is 9.43. The van der Waals surface area contributed by atoms with Gasteiger partial charge in [-0.1, -0.05) is 155 Å². The molecule has 8 aromatic carbocycles. The van der Waals surface area contributed by atoms with Gasteiger partial charge in [-0.2, -0.15) is 0 Å². The summed E-state index contributed by atoms with van der Waals surface area (Å²) < 4.78 is 6.44. The summed E-state index contributed by atoms with van der Waals surface area (Å²) >= 11 is 0. The average Bonchev–Trinajstić information content (AvgIpc) is 3.81. The van der Waals surface area contributed by atoms with Gasteiger partial charge in [0.25, 0.3) is 0 Å². The Hall–Kier alpha value is -6.64. The van der Waals surface area contributed by atoms with Crippen LogP contribution in [0.15, 0.2) is 180 Å². The normalized spacial score (nSPS) is 14.4. The fourth-order valence-corrected chi connectivity index (χ4v) is 9.96. The number of furan rings is 1. The van der Waals surface area contributed by atoms with E-state index in [0.29, 0.717) is 0 Å². The van der Waals surface area contributed by atoms with Crippen LogP contribution in [0.5, 0.6) is 0 Å². The van der Waals surface area contributed by atoms with E-state index in [4.69, 9.17) is 4.42 Å². The third-order valence-electron chi connectivity index (χ3n) is 12.7. The standard InChI is InChI=1S/C54H41NO/c1-53(2)45-21-8-5-16-40(45)42-31-28-35(33-47(42)53)34-26-29-37(30-27-34)55(48-23-13-25-50-51(48)44-18-7-10-24-49(44)56-50)38-15-11-14-36(32-38)39-19-12-20-43-41-17-6-9-22-46(41)54(3,4)52(39)43/h5-33H,1-4H3. The van der Waals surface area contributed by atoms with Crippen LogP contribution in [-0.4, -0.2) is 0 Å². The van der Waals surface area contributed by atoms with Crippen LogP contribution in [0.3, 0.4) is 0 Å². The Labute approximate surface area is 328 Å². The second kappa shape index (κ2) is 11.9. The molecular weight excluding hydrogens is 679 g/mol. The van der Waals surface area contributed by atoms with E-state index in [1.165, 1.54) is 66.8 Å². The van der Waals surface area contributed by atoms with Crippen molar-refractivity contribution >= 4 is 39.0 Å². The van der Waals surface area contributed by atoms with E-state index in [2.05, 4.69) is 202 Å². The number of hydrogen-bond donors (Lipinski definition) is 0. The molecule has 0 saturated carbocycles. The predicted molar refractivity (Wildman–Crippen MR) is 234 cm³/mol. The van der Waals surface area contributed by atoms with Gasteiger partial charge >= 0.3 is 0 Å². The fraction of sp³-hybridized carbons (Fsp3) is 0.111. The van der Waals surface area contributed by atoms with Crippen LogP contribution in [0, 0.1) is 0 Å². The lowest BCUT2D eigenvalue weighted by molar-refractivity contribution is 0.660. The third kappa shape index (κ3) is 4.69. The Morgan fingerprint density at radius 1 is 0.393 bits per heavy atom. The van der Waals surface area contributed by atoms with Crippen molar-refractivity contribution in [2.45, 2.75) is 38.5 Å². The van der Waals surface area contributed by atoms with Crippen molar-refractivity contribution in [3.63, 3.8) is 0 Å². The smallest absolute Gasteiger partial charge is 0.137 e. The summed E-state index contributed by atoms with van der Waals surface area (Å²) in [4.78, 5) is 2.41. The van der Waals surface area contributed by atoms with Gasteiger partial charge in [-0.05, 0) is 115 Å². The van der Waals surface area contributed by atoms with Crippen molar-refractivity contribution in [3.05, 3.63) is 198 Å². The molecule has 0 fully saturated rings. The van der Waals surface area contributed by atoms with Crippen molar-refractivity contribution in [2.24, 2.45) is 0 Å². The zero-order chi connectivity index (χ0) is 37.8. The van der Waals surface area contributed by atoms with Crippen LogP contribution in [0.1, 0.15) is 49.9 Å². The monoisotopic (exact) mass is 719 g/mol. The molecule has 0 saturated heterocycles. The van der Waals surface area contributed by atoms with Crippen molar-refractivity contribution in [1.82, 2.24) is 0 Å². The Kier molecular flexibility index (Phi) is 6.98. The highest BCUT2D eigenvalue weighted by Gasteiger charge is 2.38. The molecule has 2 aliphatic carbocycles. The van der Waals surface area contributed by atoms with Crippen LogP contribution in [0.25, 0.3) is 66.4 Å². The van der Waals surface area contributed by atoms with E-state index in [1.807, 2.05) is 6.07 Å². The molecule has 2 nitrogen and oxygen atoms in total. The quantitative estimate of drug-likeness (QED) is 0.176. The van der Waals surface area contributed by atoms with Crippen LogP contribution < -0.4 is 4.90 Å². The molecule has 0 atom stereocenters. The van der Waals surface area contributed by atoms with E-state index in [1.54, 1.807) is 0 Å². The molecule has 0 N–H and O–H groups in total. The van der Waals surface area contributed by atoms with Crippen LogP contribution in [-0.2, 0) is 10.8 Å². The minimum Gasteiger partial charge on any atom is -0.456 e. The molecule has 0 radical (unpaired) electrons. The third-order valence-corrected chi connectivity index (χ3v) is 12.7. The van der Waals surface area contributed by atoms with E-state index >= 15 is 0 Å². The van der Waals surface area contributed by atoms with Crippen molar-refractivity contribution in [2.75, 3.05) is 4.90 Å². The van der Waals surface area contributed by atoms with E-state index < -0.39 is 0 Å². The van der Waals surface area contributed by atoms with Gasteiger partial charge in [-0.3, -0.25) is 0 Å². The summed E-state index contributed by atoms with van der Waals surface area (Å²) in [5.41, 5.74) is 20.7. The molecule has 0 bridgehead atoms. The SMILES string of the molecule is CC1(C)c2ccccc2-c2ccc(-c3ccc(N(c4cccc(-c5cccc6c5C(C)(C)c5ccccc5-6)c4)c4cccc5oc6ccccc6c45)cc3)cc21. The van der Waals surface area contributed by atoms with Gasteiger partial charge in [-0.25, -0.2) is 0 Å². The largest absolute Gasteiger partial charge is 0.456 e. The van der Waals surface area contributed by atoms with Crippen molar-refractivity contribution in [3.8, 4) is 44.5 Å².